The number of amides is 1. The first-order chi connectivity index (χ1) is 14.3. The predicted octanol–water partition coefficient (Wildman–Crippen LogP) is 3.74. The normalized spacial score (nSPS) is 12.3. The van der Waals surface area contributed by atoms with E-state index in [-0.39, 0.29) is 11.0 Å². The van der Waals surface area contributed by atoms with Crippen LogP contribution in [0.2, 0.25) is 0 Å². The Kier molecular flexibility index (Phi) is 7.49. The van der Waals surface area contributed by atoms with Crippen LogP contribution in [-0.2, 0) is 4.79 Å². The number of alkyl halides is 3. The first kappa shape index (κ1) is 22.3. The van der Waals surface area contributed by atoms with Crippen molar-refractivity contribution in [1.29, 1.82) is 0 Å². The summed E-state index contributed by atoms with van der Waals surface area (Å²) in [4.78, 5) is 17.2. The molecule has 1 aromatic heterocycles. The minimum absolute atomic E-state index is 0.0827. The monoisotopic (exact) mass is 482 g/mol. The van der Waals surface area contributed by atoms with Gasteiger partial charge in [0.2, 0.25) is 15.6 Å². The molecule has 1 atom stereocenters. The van der Waals surface area contributed by atoms with E-state index in [4.69, 9.17) is 47.0 Å². The molecule has 0 saturated carbocycles. The van der Waals surface area contributed by atoms with E-state index in [1.54, 1.807) is 0 Å². The van der Waals surface area contributed by atoms with Crippen LogP contribution in [0.5, 0.6) is 0 Å². The molecule has 156 valence electrons. The van der Waals surface area contributed by atoms with Crippen LogP contribution in [0.1, 0.15) is 17.0 Å². The number of nitrogens with zero attached hydrogens (tertiary/aromatic N) is 2. The third-order valence-electron chi connectivity index (χ3n) is 4.06. The van der Waals surface area contributed by atoms with Crippen LogP contribution < -0.4 is 16.0 Å². The van der Waals surface area contributed by atoms with Crippen molar-refractivity contribution in [2.45, 2.75) is 15.9 Å². The largest absolute Gasteiger partial charge is 0.339 e. The molecule has 0 aliphatic heterocycles. The summed E-state index contributed by atoms with van der Waals surface area (Å²) in [5, 5.41) is 14.7. The minimum atomic E-state index is -1.89. The van der Waals surface area contributed by atoms with Crippen molar-refractivity contribution < 1.29 is 4.79 Å². The molecular formula is C19H17Cl3N6OS. The number of rotatable bonds is 6. The fourth-order valence-corrected chi connectivity index (χ4v) is 3.29. The highest BCUT2D eigenvalue weighted by molar-refractivity contribution is 7.80. The highest BCUT2D eigenvalue weighted by Crippen LogP contribution is 2.31. The Balaban J connectivity index is 1.81. The summed E-state index contributed by atoms with van der Waals surface area (Å²) in [6.07, 6.45) is 0.191. The second-order valence-electron chi connectivity index (χ2n) is 6.17. The van der Waals surface area contributed by atoms with Crippen LogP contribution in [-0.4, -0.2) is 36.2 Å². The number of aromatic amines is 1. The number of carbonyl (C=O) groups is 1. The molecule has 1 amide bonds. The number of carbonyl (C=O) groups excluding carboxylic acids is 1. The molecule has 2 aromatic carbocycles. The summed E-state index contributed by atoms with van der Waals surface area (Å²) in [6.45, 7) is 0. The molecule has 0 radical (unpaired) electrons. The van der Waals surface area contributed by atoms with Gasteiger partial charge in [0.25, 0.3) is 0 Å². The quantitative estimate of drug-likeness (QED) is 0.242. The lowest BCUT2D eigenvalue weighted by molar-refractivity contribution is -0.122. The molecule has 30 heavy (non-hydrogen) atoms. The third kappa shape index (κ3) is 6.06. The smallest absolute Gasteiger partial charge is 0.233 e. The first-order valence-corrected chi connectivity index (χ1v) is 10.3. The van der Waals surface area contributed by atoms with Crippen molar-refractivity contribution in [3.63, 3.8) is 0 Å². The molecule has 0 saturated heterocycles. The Morgan fingerprint density at radius 2 is 1.53 bits per heavy atom. The van der Waals surface area contributed by atoms with Gasteiger partial charge in [0.15, 0.2) is 5.11 Å². The molecule has 7 nitrogen and oxygen atoms in total. The van der Waals surface area contributed by atoms with Crippen molar-refractivity contribution in [1.82, 2.24) is 25.8 Å². The van der Waals surface area contributed by atoms with E-state index in [1.807, 2.05) is 60.7 Å². The van der Waals surface area contributed by atoms with E-state index in [2.05, 4.69) is 31.1 Å². The Labute approximate surface area is 193 Å². The molecule has 0 bridgehead atoms. The third-order valence-corrected chi connectivity index (χ3v) is 4.94. The van der Waals surface area contributed by atoms with Crippen molar-refractivity contribution in [3.8, 4) is 0 Å². The molecule has 0 aliphatic carbocycles. The number of hydrogen-bond acceptors (Lipinski definition) is 4. The van der Waals surface area contributed by atoms with Crippen LogP contribution in [0.15, 0.2) is 67.0 Å². The summed E-state index contributed by atoms with van der Waals surface area (Å²) in [5.74, 6) is -0.674. The Hall–Kier alpha value is -2.39. The Bertz CT molecular complexity index is 927. The first-order valence-electron chi connectivity index (χ1n) is 8.74. The van der Waals surface area contributed by atoms with Gasteiger partial charge in [0, 0.05) is 0 Å². The maximum atomic E-state index is 13.3. The van der Waals surface area contributed by atoms with Crippen molar-refractivity contribution in [2.24, 2.45) is 0 Å². The van der Waals surface area contributed by atoms with Crippen molar-refractivity contribution >= 4 is 64.0 Å². The number of anilines is 1. The van der Waals surface area contributed by atoms with Crippen molar-refractivity contribution in [2.75, 3.05) is 5.32 Å². The fourth-order valence-electron chi connectivity index (χ4n) is 2.75. The summed E-state index contributed by atoms with van der Waals surface area (Å²) in [6, 6.07) is 18.7. The van der Waals surface area contributed by atoms with Gasteiger partial charge in [-0.05, 0) is 23.3 Å². The maximum Gasteiger partial charge on any atom is 0.233 e. The summed E-state index contributed by atoms with van der Waals surface area (Å²) >= 11 is 23.5. The average Bonchev–Trinajstić information content (AvgIpc) is 3.21. The predicted molar refractivity (Wildman–Crippen MR) is 123 cm³/mol. The van der Waals surface area contributed by atoms with Gasteiger partial charge in [-0.15, -0.1) is 0 Å². The molecular weight excluding hydrogens is 467 g/mol. The lowest BCUT2D eigenvalue weighted by atomic mass is 9.90. The standard InChI is InChI=1S/C19H17Cl3N6OS/c20-19(21,22)16(26-18(30)27-17-23-11-24-28-17)25-15(29)14(12-7-3-1-4-8-12)13-9-5-2-6-10-13/h1-11,14,16H,(H,25,29)(H3,23,24,26,27,28,30)/t16-/m0/s1. The molecule has 3 rings (SSSR count). The summed E-state index contributed by atoms with van der Waals surface area (Å²) in [7, 11) is 0. The molecule has 0 spiro atoms. The number of halogens is 3. The second-order valence-corrected chi connectivity index (χ2v) is 8.95. The molecule has 0 aliphatic rings. The number of aromatic nitrogens is 3. The molecule has 4 N–H and O–H groups in total. The van der Waals surface area contributed by atoms with Crippen LogP contribution in [0, 0.1) is 0 Å². The van der Waals surface area contributed by atoms with E-state index in [0.29, 0.717) is 5.95 Å². The topological polar surface area (TPSA) is 94.7 Å². The molecule has 1 heterocycles. The van der Waals surface area contributed by atoms with E-state index in [9.17, 15) is 4.79 Å². The van der Waals surface area contributed by atoms with Gasteiger partial charge >= 0.3 is 0 Å². The zero-order valence-electron chi connectivity index (χ0n) is 15.4. The van der Waals surface area contributed by atoms with Gasteiger partial charge in [-0.3, -0.25) is 4.79 Å². The summed E-state index contributed by atoms with van der Waals surface area (Å²) in [5.41, 5.74) is 1.60. The zero-order chi connectivity index (χ0) is 21.6. The number of H-pyrrole nitrogens is 1. The summed E-state index contributed by atoms with van der Waals surface area (Å²) < 4.78 is -1.89. The molecule has 0 fully saturated rings. The van der Waals surface area contributed by atoms with Crippen molar-refractivity contribution in [3.05, 3.63) is 78.1 Å². The Morgan fingerprint density at radius 3 is 2.00 bits per heavy atom. The molecule has 0 unspecified atom stereocenters. The lowest BCUT2D eigenvalue weighted by Gasteiger charge is -2.29. The van der Waals surface area contributed by atoms with Crippen LogP contribution in [0.4, 0.5) is 5.95 Å². The number of thiocarbonyl (C=S) groups is 1. The van der Waals surface area contributed by atoms with Crippen LogP contribution in [0.25, 0.3) is 0 Å². The highest BCUT2D eigenvalue weighted by Gasteiger charge is 2.36. The zero-order valence-corrected chi connectivity index (χ0v) is 18.4. The van der Waals surface area contributed by atoms with Gasteiger partial charge in [-0.1, -0.05) is 95.5 Å². The fraction of sp³-hybridized carbons (Fsp3) is 0.158. The van der Waals surface area contributed by atoms with Gasteiger partial charge in [0.1, 0.15) is 12.5 Å². The van der Waals surface area contributed by atoms with Gasteiger partial charge in [0.05, 0.1) is 5.92 Å². The minimum Gasteiger partial charge on any atom is -0.339 e. The average molecular weight is 484 g/mol. The second kappa shape index (κ2) is 10.1. The Morgan fingerprint density at radius 1 is 0.967 bits per heavy atom. The van der Waals surface area contributed by atoms with Crippen LogP contribution in [0.3, 0.4) is 0 Å². The van der Waals surface area contributed by atoms with E-state index in [0.717, 1.165) is 11.1 Å². The number of hydrogen-bond donors (Lipinski definition) is 4. The van der Waals surface area contributed by atoms with Gasteiger partial charge < -0.3 is 16.0 Å². The van der Waals surface area contributed by atoms with Crippen LogP contribution >= 0.6 is 47.0 Å². The number of benzene rings is 2. The van der Waals surface area contributed by atoms with E-state index < -0.39 is 15.9 Å². The maximum absolute atomic E-state index is 13.3. The van der Waals surface area contributed by atoms with E-state index >= 15 is 0 Å². The molecule has 3 aromatic rings. The molecule has 11 heteroatoms. The lowest BCUT2D eigenvalue weighted by Crippen LogP contribution is -2.57. The highest BCUT2D eigenvalue weighted by atomic mass is 35.6. The SMILES string of the molecule is O=C(N[C@@H](NC(=S)Nc1ncn[nH]1)C(Cl)(Cl)Cl)C(c1ccccc1)c1ccccc1. The number of nitrogens with one attached hydrogen (secondary N) is 4. The van der Waals surface area contributed by atoms with Gasteiger partial charge in [-0.2, -0.15) is 10.1 Å². The van der Waals surface area contributed by atoms with Gasteiger partial charge in [-0.25, -0.2) is 5.10 Å². The van der Waals surface area contributed by atoms with E-state index in [1.165, 1.54) is 6.33 Å².